The maximum atomic E-state index is 13.6. The summed E-state index contributed by atoms with van der Waals surface area (Å²) in [5.74, 6) is 5.69. The van der Waals surface area contributed by atoms with E-state index in [-0.39, 0.29) is 23.0 Å². The molecule has 1 aliphatic rings. The van der Waals surface area contributed by atoms with Gasteiger partial charge in [-0.1, -0.05) is 5.92 Å². The molecule has 6 rings (SSSR count). The van der Waals surface area contributed by atoms with Crippen LogP contribution in [0.2, 0.25) is 0 Å². The number of benzene rings is 1. The molecule has 4 aromatic heterocycles. The predicted octanol–water partition coefficient (Wildman–Crippen LogP) is 4.46. The summed E-state index contributed by atoms with van der Waals surface area (Å²) in [5.41, 5.74) is 1.47. The van der Waals surface area contributed by atoms with Crippen molar-refractivity contribution in [1.29, 1.82) is 0 Å². The van der Waals surface area contributed by atoms with Gasteiger partial charge in [0.1, 0.15) is 11.8 Å². The average Bonchev–Trinajstić information content (AvgIpc) is 3.73. The van der Waals surface area contributed by atoms with E-state index >= 15 is 0 Å². The summed E-state index contributed by atoms with van der Waals surface area (Å²) in [7, 11) is 0. The Balaban J connectivity index is 1.23. The molecule has 5 aromatic rings. The van der Waals surface area contributed by atoms with Crippen molar-refractivity contribution >= 4 is 17.2 Å². The zero-order valence-corrected chi connectivity index (χ0v) is 22.1. The highest BCUT2D eigenvalue weighted by Gasteiger charge is 2.31. The highest BCUT2D eigenvalue weighted by molar-refractivity contribution is 6.04. The molecule has 0 aliphatic carbocycles. The molecule has 1 aliphatic heterocycles. The summed E-state index contributed by atoms with van der Waals surface area (Å²) in [5, 5.41) is 7.00. The highest BCUT2D eigenvalue weighted by Crippen LogP contribution is 2.33. The van der Waals surface area contributed by atoms with Gasteiger partial charge in [0.15, 0.2) is 5.65 Å². The fourth-order valence-electron chi connectivity index (χ4n) is 4.31. The number of imidazole rings is 2. The Hall–Kier alpha value is -5.22. The Bertz CT molecular complexity index is 1850. The van der Waals surface area contributed by atoms with Gasteiger partial charge in [0.25, 0.3) is 5.91 Å². The molecule has 13 heteroatoms. The molecule has 0 unspecified atom stereocenters. The number of alkyl halides is 3. The van der Waals surface area contributed by atoms with Crippen molar-refractivity contribution in [1.82, 2.24) is 29.1 Å². The van der Waals surface area contributed by atoms with Crippen LogP contribution >= 0.6 is 0 Å². The molecule has 42 heavy (non-hydrogen) atoms. The van der Waals surface area contributed by atoms with Crippen molar-refractivity contribution in [3.8, 4) is 23.4 Å². The van der Waals surface area contributed by atoms with Gasteiger partial charge >= 0.3 is 6.18 Å². The molecular weight excluding hydrogens is 551 g/mol. The molecule has 10 nitrogen and oxygen atoms in total. The maximum absolute atomic E-state index is 13.6. The number of halogens is 3. The van der Waals surface area contributed by atoms with E-state index in [1.54, 1.807) is 36.0 Å². The quantitative estimate of drug-likeness (QED) is 0.310. The molecule has 5 heterocycles. The SMILES string of the molecule is Cc1cn(-c2cc(NC(=O)c3cncc(C#Cc4cnc5ccc(O[C@H]6CCOC6)nn45)c3)cc(C(F)(F)F)c2)cn1. The third-order valence-electron chi connectivity index (χ3n) is 6.36. The first kappa shape index (κ1) is 27.0. The summed E-state index contributed by atoms with van der Waals surface area (Å²) in [6.07, 6.45) is 3.43. The van der Waals surface area contributed by atoms with E-state index in [0.29, 0.717) is 41.7 Å². The van der Waals surface area contributed by atoms with Crippen LogP contribution in [-0.2, 0) is 10.9 Å². The number of carbonyl (C=O) groups is 1. The summed E-state index contributed by atoms with van der Waals surface area (Å²) in [6.45, 7) is 2.87. The number of rotatable bonds is 5. The van der Waals surface area contributed by atoms with Gasteiger partial charge in [-0.3, -0.25) is 9.78 Å². The van der Waals surface area contributed by atoms with Crippen LogP contribution in [0.3, 0.4) is 0 Å². The molecule has 1 fully saturated rings. The van der Waals surface area contributed by atoms with Gasteiger partial charge < -0.3 is 19.4 Å². The Kier molecular flexibility index (Phi) is 7.05. The smallest absolute Gasteiger partial charge is 0.416 e. The Morgan fingerprint density at radius 2 is 2.00 bits per heavy atom. The van der Waals surface area contributed by atoms with E-state index in [9.17, 15) is 18.0 Å². The van der Waals surface area contributed by atoms with E-state index in [0.717, 1.165) is 18.6 Å². The minimum atomic E-state index is -4.62. The summed E-state index contributed by atoms with van der Waals surface area (Å²) >= 11 is 0. The molecule has 0 spiro atoms. The zero-order valence-electron chi connectivity index (χ0n) is 22.1. The van der Waals surface area contributed by atoms with Crippen molar-refractivity contribution in [2.45, 2.75) is 25.6 Å². The number of amides is 1. The molecule has 1 atom stereocenters. The van der Waals surface area contributed by atoms with Crippen LogP contribution in [0.25, 0.3) is 11.3 Å². The second-order valence-corrected chi connectivity index (χ2v) is 9.54. The van der Waals surface area contributed by atoms with Crippen LogP contribution in [0.1, 0.15) is 39.3 Å². The topological polar surface area (TPSA) is 108 Å². The number of aryl methyl sites for hydroxylation is 1. The van der Waals surface area contributed by atoms with E-state index in [1.807, 2.05) is 0 Å². The number of hydrogen-bond acceptors (Lipinski definition) is 7. The third-order valence-corrected chi connectivity index (χ3v) is 6.36. The molecule has 1 N–H and O–H groups in total. The molecule has 1 saturated heterocycles. The van der Waals surface area contributed by atoms with Crippen LogP contribution in [0.15, 0.2) is 67.5 Å². The molecule has 1 aromatic carbocycles. The first-order chi connectivity index (χ1) is 20.2. The normalized spacial score (nSPS) is 14.9. The van der Waals surface area contributed by atoms with E-state index in [1.165, 1.54) is 35.4 Å². The van der Waals surface area contributed by atoms with Crippen molar-refractivity contribution in [3.63, 3.8) is 0 Å². The van der Waals surface area contributed by atoms with E-state index in [4.69, 9.17) is 9.47 Å². The lowest BCUT2D eigenvalue weighted by Gasteiger charge is -2.13. The summed E-state index contributed by atoms with van der Waals surface area (Å²) in [4.78, 5) is 25.5. The van der Waals surface area contributed by atoms with Gasteiger partial charge in [0.2, 0.25) is 5.88 Å². The van der Waals surface area contributed by atoms with Crippen molar-refractivity contribution in [3.05, 3.63) is 95.6 Å². The van der Waals surface area contributed by atoms with Crippen molar-refractivity contribution in [2.75, 3.05) is 18.5 Å². The van der Waals surface area contributed by atoms with Gasteiger partial charge in [-0.2, -0.15) is 13.2 Å². The lowest BCUT2D eigenvalue weighted by molar-refractivity contribution is -0.137. The van der Waals surface area contributed by atoms with Gasteiger partial charge in [0, 0.05) is 48.0 Å². The van der Waals surface area contributed by atoms with Crippen LogP contribution in [0.4, 0.5) is 18.9 Å². The largest absolute Gasteiger partial charge is 0.471 e. The summed E-state index contributed by atoms with van der Waals surface area (Å²) < 4.78 is 55.0. The minimum absolute atomic E-state index is 0.0355. The Labute approximate surface area is 237 Å². The molecular formula is C29H22F3N7O3. The molecule has 0 saturated carbocycles. The number of fused-ring (bicyclic) bond motifs is 1. The minimum Gasteiger partial charge on any atom is -0.471 e. The average molecular weight is 574 g/mol. The number of ether oxygens (including phenoxy) is 2. The van der Waals surface area contributed by atoms with Gasteiger partial charge in [-0.15, -0.1) is 5.10 Å². The lowest BCUT2D eigenvalue weighted by Crippen LogP contribution is -2.17. The fraction of sp³-hybridized carbons (Fsp3) is 0.207. The fourth-order valence-corrected chi connectivity index (χ4v) is 4.31. The number of pyridine rings is 1. The first-order valence-corrected chi connectivity index (χ1v) is 12.8. The number of nitrogens with zero attached hydrogens (tertiary/aromatic N) is 6. The predicted molar refractivity (Wildman–Crippen MR) is 144 cm³/mol. The second kappa shape index (κ2) is 11.0. The third kappa shape index (κ3) is 5.93. The Morgan fingerprint density at radius 3 is 2.76 bits per heavy atom. The lowest BCUT2D eigenvalue weighted by atomic mass is 10.1. The molecule has 1 amide bonds. The standard InChI is InChI=1S/C29H22F3N7O3/c1-18-15-38(17-35-18)24-10-21(29(30,31)32)9-22(11-24)36-28(40)20-8-19(12-33-13-20)2-3-23-14-34-26-4-5-27(37-39(23)26)42-25-6-7-41-16-25/h4-5,8-15,17,25H,6-7,16H2,1H3,(H,36,40)/t25-/m0/s1. The van der Waals surface area contributed by atoms with Crippen molar-refractivity contribution in [2.24, 2.45) is 0 Å². The summed E-state index contributed by atoms with van der Waals surface area (Å²) in [6, 6.07) is 8.28. The maximum Gasteiger partial charge on any atom is 0.416 e. The number of anilines is 1. The first-order valence-electron chi connectivity index (χ1n) is 12.8. The number of hydrogen-bond donors (Lipinski definition) is 1. The molecule has 212 valence electrons. The second-order valence-electron chi connectivity index (χ2n) is 9.54. The monoisotopic (exact) mass is 573 g/mol. The highest BCUT2D eigenvalue weighted by atomic mass is 19.4. The number of aromatic nitrogens is 6. The molecule has 0 bridgehead atoms. The zero-order chi connectivity index (χ0) is 29.3. The van der Waals surface area contributed by atoms with Crippen LogP contribution < -0.4 is 10.1 Å². The van der Waals surface area contributed by atoms with Crippen molar-refractivity contribution < 1.29 is 27.4 Å². The number of carbonyl (C=O) groups excluding carboxylic acids is 1. The van der Waals surface area contributed by atoms with Gasteiger partial charge in [-0.05, 0) is 43.2 Å². The van der Waals surface area contributed by atoms with Crippen LogP contribution in [0, 0.1) is 18.8 Å². The van der Waals surface area contributed by atoms with E-state index in [2.05, 4.69) is 37.2 Å². The molecule has 0 radical (unpaired) electrons. The van der Waals surface area contributed by atoms with Gasteiger partial charge in [-0.25, -0.2) is 14.5 Å². The van der Waals surface area contributed by atoms with E-state index < -0.39 is 17.6 Å². The number of nitrogens with one attached hydrogen (secondary N) is 1. The van der Waals surface area contributed by atoms with Crippen LogP contribution in [0.5, 0.6) is 5.88 Å². The Morgan fingerprint density at radius 1 is 1.12 bits per heavy atom. The van der Waals surface area contributed by atoms with Crippen LogP contribution in [-0.4, -0.2) is 54.4 Å². The van der Waals surface area contributed by atoms with Gasteiger partial charge in [0.05, 0.1) is 42.6 Å².